The highest BCUT2D eigenvalue weighted by Crippen LogP contribution is 2.31. The molecule has 0 saturated carbocycles. The van der Waals surface area contributed by atoms with E-state index >= 15 is 0 Å². The number of hydrogen-bond acceptors (Lipinski definition) is 5. The van der Waals surface area contributed by atoms with Crippen LogP contribution in [0, 0.1) is 26.6 Å². The SMILES string of the molecule is Cc1ccc(NC(=O)c2oc3c(c2C)/C(=N/NS(=O)(=O)c2ccc(F)cc2)CCC3)c(C)c1. The smallest absolute Gasteiger partial charge is 0.291 e. The van der Waals surface area contributed by atoms with Crippen LogP contribution in [-0.4, -0.2) is 20.0 Å². The fraction of sp³-hybridized carbons (Fsp3) is 0.250. The fourth-order valence-corrected chi connectivity index (χ4v) is 4.74. The number of aryl methyl sites for hydroxylation is 3. The number of nitrogens with one attached hydrogen (secondary N) is 2. The predicted molar refractivity (Wildman–Crippen MR) is 124 cm³/mol. The molecule has 1 amide bonds. The number of hydrogen-bond donors (Lipinski definition) is 2. The van der Waals surface area contributed by atoms with Gasteiger partial charge in [-0.15, -0.1) is 0 Å². The summed E-state index contributed by atoms with van der Waals surface area (Å²) in [6.07, 6.45) is 1.85. The van der Waals surface area contributed by atoms with E-state index in [1.54, 1.807) is 6.92 Å². The summed E-state index contributed by atoms with van der Waals surface area (Å²) in [5, 5.41) is 7.02. The van der Waals surface area contributed by atoms with Gasteiger partial charge in [0.25, 0.3) is 15.9 Å². The van der Waals surface area contributed by atoms with Crippen LogP contribution in [0.4, 0.5) is 10.1 Å². The van der Waals surface area contributed by atoms with Crippen LogP contribution < -0.4 is 10.1 Å². The lowest BCUT2D eigenvalue weighted by Gasteiger charge is -2.14. The van der Waals surface area contributed by atoms with Gasteiger partial charge in [-0.1, -0.05) is 17.7 Å². The van der Waals surface area contributed by atoms with E-state index in [1.165, 1.54) is 12.1 Å². The highest BCUT2D eigenvalue weighted by atomic mass is 32.2. The Hall–Kier alpha value is -3.46. The van der Waals surface area contributed by atoms with Gasteiger partial charge in [0.2, 0.25) is 0 Å². The van der Waals surface area contributed by atoms with Crippen molar-refractivity contribution in [3.05, 3.63) is 82.1 Å². The van der Waals surface area contributed by atoms with E-state index in [0.717, 1.165) is 23.3 Å². The normalized spacial score (nSPS) is 14.7. The van der Waals surface area contributed by atoms with Crippen LogP contribution in [-0.2, 0) is 16.4 Å². The van der Waals surface area contributed by atoms with Crippen LogP contribution in [0.2, 0.25) is 0 Å². The lowest BCUT2D eigenvalue weighted by atomic mass is 9.93. The molecule has 1 aromatic heterocycles. The average molecular weight is 470 g/mol. The van der Waals surface area contributed by atoms with Gasteiger partial charge in [0.1, 0.15) is 11.6 Å². The molecule has 33 heavy (non-hydrogen) atoms. The minimum atomic E-state index is -3.96. The number of anilines is 1. The topological polar surface area (TPSA) is 101 Å². The van der Waals surface area contributed by atoms with Crippen molar-refractivity contribution in [2.75, 3.05) is 5.32 Å². The Balaban J connectivity index is 1.60. The third kappa shape index (κ3) is 4.68. The molecule has 4 rings (SSSR count). The first-order chi connectivity index (χ1) is 15.7. The summed E-state index contributed by atoms with van der Waals surface area (Å²) >= 11 is 0. The van der Waals surface area contributed by atoms with E-state index in [0.29, 0.717) is 47.5 Å². The van der Waals surface area contributed by atoms with Gasteiger partial charge in [-0.3, -0.25) is 4.79 Å². The second kappa shape index (κ2) is 8.82. The first-order valence-electron chi connectivity index (χ1n) is 10.5. The molecule has 2 aromatic carbocycles. The van der Waals surface area contributed by atoms with Crippen LogP contribution in [0.5, 0.6) is 0 Å². The van der Waals surface area contributed by atoms with Crippen molar-refractivity contribution in [3.63, 3.8) is 0 Å². The zero-order valence-corrected chi connectivity index (χ0v) is 19.3. The van der Waals surface area contributed by atoms with Crippen molar-refractivity contribution in [3.8, 4) is 0 Å². The quantitative estimate of drug-likeness (QED) is 0.533. The Morgan fingerprint density at radius 2 is 1.79 bits per heavy atom. The van der Waals surface area contributed by atoms with Gasteiger partial charge in [0.05, 0.1) is 10.6 Å². The predicted octanol–water partition coefficient (Wildman–Crippen LogP) is 4.62. The molecule has 0 spiro atoms. The van der Waals surface area contributed by atoms with Crippen LogP contribution in [0.3, 0.4) is 0 Å². The minimum Gasteiger partial charge on any atom is -0.455 e. The van der Waals surface area contributed by atoms with E-state index < -0.39 is 15.8 Å². The molecular formula is C24H24FN3O4S. The van der Waals surface area contributed by atoms with Gasteiger partial charge in [-0.05, 0) is 69.5 Å². The Labute approximate surface area is 191 Å². The van der Waals surface area contributed by atoms with Crippen LogP contribution in [0.1, 0.15) is 51.4 Å². The summed E-state index contributed by atoms with van der Waals surface area (Å²) in [6, 6.07) is 10.2. The molecule has 0 fully saturated rings. The summed E-state index contributed by atoms with van der Waals surface area (Å²) < 4.78 is 44.1. The maximum absolute atomic E-state index is 13.1. The maximum Gasteiger partial charge on any atom is 0.291 e. The average Bonchev–Trinajstić information content (AvgIpc) is 3.12. The first-order valence-corrected chi connectivity index (χ1v) is 12.0. The Bertz CT molecular complexity index is 1360. The number of carbonyl (C=O) groups excluding carboxylic acids is 1. The van der Waals surface area contributed by atoms with Gasteiger partial charge in [-0.2, -0.15) is 18.4 Å². The molecule has 0 radical (unpaired) electrons. The second-order valence-corrected chi connectivity index (χ2v) is 9.75. The number of halogens is 1. The molecule has 172 valence electrons. The van der Waals surface area contributed by atoms with Crippen molar-refractivity contribution in [1.29, 1.82) is 0 Å². The van der Waals surface area contributed by atoms with Crippen LogP contribution in [0.15, 0.2) is 56.9 Å². The molecule has 1 aliphatic carbocycles. The lowest BCUT2D eigenvalue weighted by Crippen LogP contribution is -2.22. The molecule has 9 heteroatoms. The Morgan fingerprint density at radius 1 is 1.06 bits per heavy atom. The first kappa shape index (κ1) is 22.7. The van der Waals surface area contributed by atoms with Gasteiger partial charge >= 0.3 is 0 Å². The number of benzene rings is 2. The number of furan rings is 1. The van der Waals surface area contributed by atoms with Crippen LogP contribution >= 0.6 is 0 Å². The third-order valence-electron chi connectivity index (χ3n) is 5.59. The summed E-state index contributed by atoms with van der Waals surface area (Å²) in [5.41, 5.74) is 4.48. The second-order valence-electron chi connectivity index (χ2n) is 8.09. The van der Waals surface area contributed by atoms with Crippen molar-refractivity contribution < 1.29 is 22.0 Å². The molecule has 0 bridgehead atoms. The molecule has 0 saturated heterocycles. The Morgan fingerprint density at radius 3 is 2.48 bits per heavy atom. The zero-order valence-electron chi connectivity index (χ0n) is 18.5. The van der Waals surface area contributed by atoms with Crippen molar-refractivity contribution in [1.82, 2.24) is 4.83 Å². The largest absolute Gasteiger partial charge is 0.455 e. The van der Waals surface area contributed by atoms with Crippen molar-refractivity contribution in [2.45, 2.75) is 44.9 Å². The molecule has 1 aliphatic rings. The van der Waals surface area contributed by atoms with Gasteiger partial charge in [0.15, 0.2) is 5.76 Å². The number of carbonyl (C=O) groups is 1. The minimum absolute atomic E-state index is 0.0956. The van der Waals surface area contributed by atoms with Crippen molar-refractivity contribution in [2.24, 2.45) is 5.10 Å². The summed E-state index contributed by atoms with van der Waals surface area (Å²) in [6.45, 7) is 5.66. The molecule has 0 aliphatic heterocycles. The van der Waals surface area contributed by atoms with E-state index in [1.807, 2.05) is 32.0 Å². The molecule has 0 atom stereocenters. The fourth-order valence-electron chi connectivity index (χ4n) is 3.91. The number of rotatable bonds is 5. The number of nitrogens with zero attached hydrogens (tertiary/aromatic N) is 1. The molecule has 2 N–H and O–H groups in total. The van der Waals surface area contributed by atoms with Gasteiger partial charge in [0, 0.05) is 23.2 Å². The maximum atomic E-state index is 13.1. The summed E-state index contributed by atoms with van der Waals surface area (Å²) in [5.74, 6) is -0.127. The molecule has 1 heterocycles. The summed E-state index contributed by atoms with van der Waals surface area (Å²) in [4.78, 5) is 15.1. The molecular weight excluding hydrogens is 445 g/mol. The van der Waals surface area contributed by atoms with Gasteiger partial charge in [-0.25, -0.2) is 4.39 Å². The summed E-state index contributed by atoms with van der Waals surface area (Å²) in [7, 11) is -3.96. The molecule has 0 unspecified atom stereocenters. The third-order valence-corrected chi connectivity index (χ3v) is 6.81. The number of fused-ring (bicyclic) bond motifs is 1. The van der Waals surface area contributed by atoms with Gasteiger partial charge < -0.3 is 9.73 Å². The monoisotopic (exact) mass is 469 g/mol. The Kier molecular flexibility index (Phi) is 6.07. The lowest BCUT2D eigenvalue weighted by molar-refractivity contribution is 0.0994. The van der Waals surface area contributed by atoms with E-state index in [-0.39, 0.29) is 16.6 Å². The number of sulfonamides is 1. The molecule has 3 aromatic rings. The highest BCUT2D eigenvalue weighted by Gasteiger charge is 2.28. The van der Waals surface area contributed by atoms with Crippen LogP contribution in [0.25, 0.3) is 0 Å². The highest BCUT2D eigenvalue weighted by molar-refractivity contribution is 7.89. The van der Waals surface area contributed by atoms with E-state index in [4.69, 9.17) is 4.42 Å². The number of amides is 1. The standard InChI is InChI=1S/C24H24FN3O4S/c1-14-7-12-19(15(2)13-14)26-24(29)23-16(3)22-20(5-4-6-21(22)32-23)27-28-33(30,31)18-10-8-17(25)9-11-18/h7-13,28H,4-6H2,1-3H3,(H,26,29)/b27-20+. The van der Waals surface area contributed by atoms with E-state index in [9.17, 15) is 17.6 Å². The number of hydrazone groups is 1. The molecule has 7 nitrogen and oxygen atoms in total. The van der Waals surface area contributed by atoms with Crippen molar-refractivity contribution >= 4 is 27.3 Å². The van der Waals surface area contributed by atoms with E-state index in [2.05, 4.69) is 15.2 Å². The zero-order chi connectivity index (χ0) is 23.8.